The molecule has 4 heteroatoms. The summed E-state index contributed by atoms with van der Waals surface area (Å²) in [6.45, 7) is 7.49. The average molecular weight is 263 g/mol. The molecule has 3 rings (SSSR count). The van der Waals surface area contributed by atoms with Crippen LogP contribution in [0.1, 0.15) is 56.7 Å². The van der Waals surface area contributed by atoms with E-state index in [1.54, 1.807) is 0 Å². The molecule has 1 N–H and O–H groups in total. The highest BCUT2D eigenvalue weighted by atomic mass is 16.4. The van der Waals surface area contributed by atoms with E-state index in [4.69, 9.17) is 4.42 Å². The van der Waals surface area contributed by atoms with Gasteiger partial charge < -0.3 is 9.73 Å². The minimum absolute atomic E-state index is 0.287. The van der Waals surface area contributed by atoms with Gasteiger partial charge in [0.2, 0.25) is 5.89 Å². The van der Waals surface area contributed by atoms with Crippen molar-refractivity contribution in [2.75, 3.05) is 19.6 Å². The molecule has 1 unspecified atom stereocenters. The maximum Gasteiger partial charge on any atom is 0.211 e. The molecule has 1 spiro atoms. The fraction of sp³-hybridized carbons (Fsp3) is 0.800. The van der Waals surface area contributed by atoms with Crippen molar-refractivity contribution in [2.45, 2.75) is 57.5 Å². The number of hydrogen-bond donors (Lipinski definition) is 1. The zero-order chi connectivity index (χ0) is 13.3. The smallest absolute Gasteiger partial charge is 0.211 e. The van der Waals surface area contributed by atoms with E-state index in [-0.39, 0.29) is 6.04 Å². The molecule has 1 aromatic rings. The summed E-state index contributed by atoms with van der Waals surface area (Å²) in [7, 11) is 0. The molecule has 0 amide bonds. The van der Waals surface area contributed by atoms with Gasteiger partial charge in [-0.05, 0) is 26.7 Å². The monoisotopic (exact) mass is 263 g/mol. The largest absolute Gasteiger partial charge is 0.444 e. The first-order valence-electron chi connectivity index (χ1n) is 7.60. The Kier molecular flexibility index (Phi) is 3.63. The molecule has 2 aliphatic rings. The van der Waals surface area contributed by atoms with Gasteiger partial charge in [-0.15, -0.1) is 0 Å². The van der Waals surface area contributed by atoms with Crippen LogP contribution >= 0.6 is 0 Å². The Morgan fingerprint density at radius 1 is 1.37 bits per heavy atom. The first kappa shape index (κ1) is 13.1. The molecule has 19 heavy (non-hydrogen) atoms. The number of piperazine rings is 1. The Morgan fingerprint density at radius 2 is 2.16 bits per heavy atom. The summed E-state index contributed by atoms with van der Waals surface area (Å²) >= 11 is 0. The van der Waals surface area contributed by atoms with Crippen molar-refractivity contribution in [3.63, 3.8) is 0 Å². The molecular weight excluding hydrogens is 238 g/mol. The second kappa shape index (κ2) is 5.25. The highest BCUT2D eigenvalue weighted by Gasteiger charge is 2.38. The SMILES string of the molecule is Cc1cnc(C(C)N2CCNC3(CCCCC3)C2)o1. The number of nitrogens with zero attached hydrogens (tertiary/aromatic N) is 2. The molecular formula is C15H25N3O. The minimum Gasteiger partial charge on any atom is -0.444 e. The van der Waals surface area contributed by atoms with Crippen molar-refractivity contribution in [1.82, 2.24) is 15.2 Å². The van der Waals surface area contributed by atoms with E-state index in [1.807, 2.05) is 13.1 Å². The highest BCUT2D eigenvalue weighted by molar-refractivity contribution is 5.01. The predicted octanol–water partition coefficient (Wildman–Crippen LogP) is 2.65. The van der Waals surface area contributed by atoms with Crippen LogP contribution in [0.5, 0.6) is 0 Å². The van der Waals surface area contributed by atoms with E-state index in [9.17, 15) is 0 Å². The number of oxazole rings is 1. The second-order valence-electron chi connectivity index (χ2n) is 6.22. The lowest BCUT2D eigenvalue weighted by Gasteiger charge is -2.47. The Bertz CT molecular complexity index is 417. The standard InChI is InChI=1S/C15H25N3O/c1-12-10-16-14(19-12)13(2)18-9-8-17-15(11-18)6-4-3-5-7-15/h10,13,17H,3-9,11H2,1-2H3. The van der Waals surface area contributed by atoms with Gasteiger partial charge >= 0.3 is 0 Å². The lowest BCUT2D eigenvalue weighted by atomic mass is 9.80. The maximum atomic E-state index is 5.70. The lowest BCUT2D eigenvalue weighted by Crippen LogP contribution is -2.61. The van der Waals surface area contributed by atoms with Gasteiger partial charge in [0.25, 0.3) is 0 Å². The Balaban J connectivity index is 1.70. The van der Waals surface area contributed by atoms with E-state index in [0.29, 0.717) is 5.54 Å². The van der Waals surface area contributed by atoms with Crippen molar-refractivity contribution >= 4 is 0 Å². The topological polar surface area (TPSA) is 41.3 Å². The van der Waals surface area contributed by atoms with Crippen LogP contribution in [0.3, 0.4) is 0 Å². The fourth-order valence-corrected chi connectivity index (χ4v) is 3.60. The maximum absolute atomic E-state index is 5.70. The molecule has 1 aromatic heterocycles. The molecule has 0 aromatic carbocycles. The molecule has 0 bridgehead atoms. The van der Waals surface area contributed by atoms with Crippen LogP contribution in [0.25, 0.3) is 0 Å². The number of hydrogen-bond acceptors (Lipinski definition) is 4. The summed E-state index contributed by atoms with van der Waals surface area (Å²) < 4.78 is 5.70. The first-order valence-corrected chi connectivity index (χ1v) is 7.60. The third-order valence-corrected chi connectivity index (χ3v) is 4.76. The van der Waals surface area contributed by atoms with Crippen LogP contribution in [-0.2, 0) is 0 Å². The molecule has 2 heterocycles. The van der Waals surface area contributed by atoms with Crippen LogP contribution < -0.4 is 5.32 Å². The van der Waals surface area contributed by atoms with Crippen molar-refractivity contribution in [1.29, 1.82) is 0 Å². The normalized spacial score (nSPS) is 25.6. The first-order chi connectivity index (χ1) is 9.19. The molecule has 1 saturated carbocycles. The van der Waals surface area contributed by atoms with Crippen LogP contribution in [0.2, 0.25) is 0 Å². The van der Waals surface area contributed by atoms with Gasteiger partial charge in [-0.3, -0.25) is 4.90 Å². The highest BCUT2D eigenvalue weighted by Crippen LogP contribution is 2.33. The van der Waals surface area contributed by atoms with Crippen LogP contribution in [-0.4, -0.2) is 35.1 Å². The Morgan fingerprint density at radius 3 is 2.84 bits per heavy atom. The summed E-state index contributed by atoms with van der Waals surface area (Å²) in [5.41, 5.74) is 0.354. The second-order valence-corrected chi connectivity index (χ2v) is 6.22. The molecule has 1 aliphatic carbocycles. The quantitative estimate of drug-likeness (QED) is 0.890. The van der Waals surface area contributed by atoms with Gasteiger partial charge in [-0.1, -0.05) is 19.3 Å². The number of aromatic nitrogens is 1. The zero-order valence-corrected chi connectivity index (χ0v) is 12.1. The van der Waals surface area contributed by atoms with E-state index < -0.39 is 0 Å². The van der Waals surface area contributed by atoms with Gasteiger partial charge in [0, 0.05) is 25.2 Å². The van der Waals surface area contributed by atoms with Crippen molar-refractivity contribution < 1.29 is 4.42 Å². The molecule has 4 nitrogen and oxygen atoms in total. The summed E-state index contributed by atoms with van der Waals surface area (Å²) in [5, 5.41) is 3.78. The van der Waals surface area contributed by atoms with E-state index in [1.165, 1.54) is 32.1 Å². The average Bonchev–Trinajstić information content (AvgIpc) is 2.85. The third kappa shape index (κ3) is 2.70. The van der Waals surface area contributed by atoms with Gasteiger partial charge in [0.15, 0.2) is 0 Å². The predicted molar refractivity (Wildman–Crippen MR) is 75.0 cm³/mol. The summed E-state index contributed by atoms with van der Waals surface area (Å²) in [4.78, 5) is 6.93. The van der Waals surface area contributed by atoms with Crippen molar-refractivity contribution in [3.8, 4) is 0 Å². The zero-order valence-electron chi connectivity index (χ0n) is 12.1. The molecule has 1 atom stereocenters. The number of nitrogens with one attached hydrogen (secondary N) is 1. The summed E-state index contributed by atoms with van der Waals surface area (Å²) in [6.07, 6.45) is 8.60. The lowest BCUT2D eigenvalue weighted by molar-refractivity contribution is 0.0639. The van der Waals surface area contributed by atoms with E-state index in [0.717, 1.165) is 31.3 Å². The van der Waals surface area contributed by atoms with Crippen LogP contribution in [0.4, 0.5) is 0 Å². The van der Waals surface area contributed by atoms with Crippen molar-refractivity contribution in [3.05, 3.63) is 17.8 Å². The van der Waals surface area contributed by atoms with Crippen LogP contribution in [0.15, 0.2) is 10.6 Å². The Labute approximate surface area is 115 Å². The molecule has 1 aliphatic heterocycles. The molecule has 1 saturated heterocycles. The molecule has 0 radical (unpaired) electrons. The third-order valence-electron chi connectivity index (χ3n) is 4.76. The fourth-order valence-electron chi connectivity index (χ4n) is 3.60. The molecule has 2 fully saturated rings. The summed E-state index contributed by atoms with van der Waals surface area (Å²) in [6, 6.07) is 0.287. The van der Waals surface area contributed by atoms with Gasteiger partial charge in [0.1, 0.15) is 5.76 Å². The van der Waals surface area contributed by atoms with Crippen LogP contribution in [0, 0.1) is 6.92 Å². The summed E-state index contributed by atoms with van der Waals surface area (Å²) in [5.74, 6) is 1.77. The van der Waals surface area contributed by atoms with Gasteiger partial charge in [0.05, 0.1) is 12.2 Å². The molecule has 106 valence electrons. The van der Waals surface area contributed by atoms with Gasteiger partial charge in [-0.2, -0.15) is 0 Å². The number of rotatable bonds is 2. The number of aryl methyl sites for hydroxylation is 1. The Hall–Kier alpha value is -0.870. The van der Waals surface area contributed by atoms with E-state index >= 15 is 0 Å². The van der Waals surface area contributed by atoms with Gasteiger partial charge in [-0.25, -0.2) is 4.98 Å². The van der Waals surface area contributed by atoms with E-state index in [2.05, 4.69) is 22.1 Å². The minimum atomic E-state index is 0.287. The van der Waals surface area contributed by atoms with Crippen molar-refractivity contribution in [2.24, 2.45) is 0 Å².